The molecule has 0 unspecified atom stereocenters. The third-order valence-electron chi connectivity index (χ3n) is 4.91. The molecule has 0 aliphatic carbocycles. The van der Waals surface area contributed by atoms with Crippen molar-refractivity contribution in [3.63, 3.8) is 0 Å². The number of carbonyl (C=O) groups excluding carboxylic acids is 1. The molecule has 0 bridgehead atoms. The van der Waals surface area contributed by atoms with Gasteiger partial charge in [-0.1, -0.05) is 22.0 Å². The van der Waals surface area contributed by atoms with Crippen LogP contribution in [-0.4, -0.2) is 27.3 Å². The smallest absolute Gasteiger partial charge is 0.257 e. The van der Waals surface area contributed by atoms with Crippen molar-refractivity contribution in [2.45, 2.75) is 32.4 Å². The largest absolute Gasteiger partial charge is 0.298 e. The molecule has 2 aromatic heterocycles. The molecule has 1 fully saturated rings. The summed E-state index contributed by atoms with van der Waals surface area (Å²) in [5.74, 6) is -0.137. The Bertz CT molecular complexity index is 955. The van der Waals surface area contributed by atoms with Gasteiger partial charge in [0, 0.05) is 33.9 Å². The molecule has 144 valence electrons. The molecule has 7 heteroatoms. The zero-order valence-corrected chi connectivity index (χ0v) is 18.0. The van der Waals surface area contributed by atoms with Crippen LogP contribution in [0.4, 0.5) is 5.13 Å². The summed E-state index contributed by atoms with van der Waals surface area (Å²) in [7, 11) is 0. The van der Waals surface area contributed by atoms with Crippen LogP contribution >= 0.6 is 27.3 Å². The molecule has 5 nitrogen and oxygen atoms in total. The number of nitrogens with one attached hydrogen (secondary N) is 1. The Labute approximate surface area is 177 Å². The summed E-state index contributed by atoms with van der Waals surface area (Å²) in [6.45, 7) is 3.93. The van der Waals surface area contributed by atoms with Crippen LogP contribution in [0.3, 0.4) is 0 Å². The molecule has 0 radical (unpaired) electrons. The second kappa shape index (κ2) is 8.51. The van der Waals surface area contributed by atoms with Crippen LogP contribution < -0.4 is 5.32 Å². The molecule has 1 atom stereocenters. The lowest BCUT2D eigenvalue weighted by Gasteiger charge is -2.23. The average Bonchev–Trinajstić information content (AvgIpc) is 3.33. The van der Waals surface area contributed by atoms with E-state index in [4.69, 9.17) is 4.98 Å². The molecular formula is C21H21BrN4OS. The maximum Gasteiger partial charge on any atom is 0.257 e. The molecule has 0 saturated carbocycles. The first-order valence-corrected chi connectivity index (χ1v) is 10.9. The summed E-state index contributed by atoms with van der Waals surface area (Å²) in [4.78, 5) is 24.0. The Morgan fingerprint density at radius 3 is 2.86 bits per heavy atom. The van der Waals surface area contributed by atoms with Crippen molar-refractivity contribution in [1.82, 2.24) is 14.9 Å². The Morgan fingerprint density at radius 1 is 1.29 bits per heavy atom. The van der Waals surface area contributed by atoms with Gasteiger partial charge in [0.1, 0.15) is 0 Å². The number of hydrogen-bond donors (Lipinski definition) is 1. The van der Waals surface area contributed by atoms with Crippen molar-refractivity contribution in [2.75, 3.05) is 11.9 Å². The molecular weight excluding hydrogens is 436 g/mol. The third-order valence-corrected chi connectivity index (χ3v) is 6.22. The highest BCUT2D eigenvalue weighted by molar-refractivity contribution is 9.10. The fourth-order valence-electron chi connectivity index (χ4n) is 3.44. The topological polar surface area (TPSA) is 58.1 Å². The molecule has 28 heavy (non-hydrogen) atoms. The lowest BCUT2D eigenvalue weighted by Crippen LogP contribution is -2.23. The van der Waals surface area contributed by atoms with E-state index in [1.165, 1.54) is 16.9 Å². The van der Waals surface area contributed by atoms with E-state index in [2.05, 4.69) is 48.6 Å². The van der Waals surface area contributed by atoms with Crippen molar-refractivity contribution < 1.29 is 4.79 Å². The average molecular weight is 457 g/mol. The van der Waals surface area contributed by atoms with Gasteiger partial charge in [-0.25, -0.2) is 4.98 Å². The number of aryl methyl sites for hydroxylation is 1. The highest BCUT2D eigenvalue weighted by Gasteiger charge is 2.28. The number of amides is 1. The van der Waals surface area contributed by atoms with E-state index in [0.717, 1.165) is 41.8 Å². The van der Waals surface area contributed by atoms with Gasteiger partial charge in [0.05, 0.1) is 11.7 Å². The van der Waals surface area contributed by atoms with Crippen LogP contribution in [0.5, 0.6) is 0 Å². The normalized spacial score (nSPS) is 17.0. The Hall–Kier alpha value is -2.09. The molecule has 3 aromatic rings. The zero-order valence-electron chi connectivity index (χ0n) is 15.6. The Morgan fingerprint density at radius 2 is 2.11 bits per heavy atom. The number of rotatable bonds is 5. The van der Waals surface area contributed by atoms with Crippen molar-refractivity contribution in [2.24, 2.45) is 0 Å². The molecule has 1 amide bonds. The van der Waals surface area contributed by atoms with Gasteiger partial charge in [-0.3, -0.25) is 20.0 Å². The standard InChI is InChI=1S/C21H21BrN4OS/c1-14-4-5-15(11-23-14)12-26-10-2-3-19(26)18-13-28-21(24-18)25-20(27)16-6-8-17(22)9-7-16/h4-9,11,13,19H,2-3,10,12H2,1H3,(H,24,25,27)/t19-/m1/s1. The summed E-state index contributed by atoms with van der Waals surface area (Å²) in [5.41, 5.74) is 3.91. The van der Waals surface area contributed by atoms with Gasteiger partial charge in [-0.05, 0) is 62.2 Å². The van der Waals surface area contributed by atoms with Gasteiger partial charge >= 0.3 is 0 Å². The second-order valence-corrected chi connectivity index (χ2v) is 8.75. The number of aromatic nitrogens is 2. The van der Waals surface area contributed by atoms with Crippen LogP contribution in [0.25, 0.3) is 0 Å². The summed E-state index contributed by atoms with van der Waals surface area (Å²) < 4.78 is 0.950. The van der Waals surface area contributed by atoms with Gasteiger partial charge in [-0.2, -0.15) is 0 Å². The maximum atomic E-state index is 12.4. The van der Waals surface area contributed by atoms with Crippen molar-refractivity contribution >= 4 is 38.3 Å². The SMILES string of the molecule is Cc1ccc(CN2CCC[C@@H]2c2csc(NC(=O)c3ccc(Br)cc3)n2)cn1. The van der Waals surface area contributed by atoms with E-state index in [1.54, 1.807) is 12.1 Å². The number of thiazole rings is 1. The predicted octanol–water partition coefficient (Wildman–Crippen LogP) is 5.20. The number of pyridine rings is 1. The summed E-state index contributed by atoms with van der Waals surface area (Å²) in [6.07, 6.45) is 4.20. The maximum absolute atomic E-state index is 12.4. The van der Waals surface area contributed by atoms with Crippen molar-refractivity contribution in [1.29, 1.82) is 0 Å². The van der Waals surface area contributed by atoms with Crippen LogP contribution in [0.15, 0.2) is 52.4 Å². The van der Waals surface area contributed by atoms with Gasteiger partial charge < -0.3 is 0 Å². The van der Waals surface area contributed by atoms with Gasteiger partial charge in [0.25, 0.3) is 5.91 Å². The quantitative estimate of drug-likeness (QED) is 0.573. The number of carbonyl (C=O) groups is 1. The molecule has 1 saturated heterocycles. The van der Waals surface area contributed by atoms with Crippen molar-refractivity contribution in [3.8, 4) is 0 Å². The number of hydrogen-bond acceptors (Lipinski definition) is 5. The molecule has 1 aliphatic rings. The van der Waals surface area contributed by atoms with Gasteiger partial charge in [0.2, 0.25) is 0 Å². The van der Waals surface area contributed by atoms with Gasteiger partial charge in [0.15, 0.2) is 5.13 Å². The first kappa shape index (κ1) is 19.2. The molecule has 1 aliphatic heterocycles. The van der Waals surface area contributed by atoms with Crippen molar-refractivity contribution in [3.05, 3.63) is 75.0 Å². The first-order chi connectivity index (χ1) is 13.6. The summed E-state index contributed by atoms with van der Waals surface area (Å²) >= 11 is 4.87. The molecule has 4 rings (SSSR count). The minimum absolute atomic E-state index is 0.137. The Kier molecular flexibility index (Phi) is 5.85. The predicted molar refractivity (Wildman–Crippen MR) is 116 cm³/mol. The highest BCUT2D eigenvalue weighted by atomic mass is 79.9. The lowest BCUT2D eigenvalue weighted by atomic mass is 10.1. The van der Waals surface area contributed by atoms with Crippen LogP contribution in [-0.2, 0) is 6.54 Å². The van der Waals surface area contributed by atoms with Crippen LogP contribution in [0.1, 0.15) is 46.2 Å². The minimum Gasteiger partial charge on any atom is -0.298 e. The Balaban J connectivity index is 1.43. The number of halogens is 1. The van der Waals surface area contributed by atoms with Gasteiger partial charge in [-0.15, -0.1) is 11.3 Å². The highest BCUT2D eigenvalue weighted by Crippen LogP contribution is 2.34. The molecule has 3 heterocycles. The number of benzene rings is 1. The minimum atomic E-state index is -0.137. The van der Waals surface area contributed by atoms with E-state index in [1.807, 2.05) is 25.3 Å². The fourth-order valence-corrected chi connectivity index (χ4v) is 4.46. The third kappa shape index (κ3) is 4.48. The fraction of sp³-hybridized carbons (Fsp3) is 0.286. The monoisotopic (exact) mass is 456 g/mol. The molecule has 1 N–H and O–H groups in total. The molecule has 0 spiro atoms. The van der Waals surface area contributed by atoms with E-state index in [0.29, 0.717) is 10.7 Å². The number of anilines is 1. The summed E-state index contributed by atoms with van der Waals surface area (Å²) in [5, 5.41) is 5.63. The van der Waals surface area contributed by atoms with E-state index in [9.17, 15) is 4.79 Å². The first-order valence-electron chi connectivity index (χ1n) is 9.26. The van der Waals surface area contributed by atoms with E-state index < -0.39 is 0 Å². The number of nitrogens with zero attached hydrogens (tertiary/aromatic N) is 3. The van der Waals surface area contributed by atoms with Crippen LogP contribution in [0.2, 0.25) is 0 Å². The van der Waals surface area contributed by atoms with E-state index in [-0.39, 0.29) is 11.9 Å². The van der Waals surface area contributed by atoms with E-state index >= 15 is 0 Å². The molecule has 1 aromatic carbocycles. The number of likely N-dealkylation sites (tertiary alicyclic amines) is 1. The zero-order chi connectivity index (χ0) is 19.5. The second-order valence-electron chi connectivity index (χ2n) is 6.97. The summed E-state index contributed by atoms with van der Waals surface area (Å²) in [6, 6.07) is 11.8. The van der Waals surface area contributed by atoms with Crippen LogP contribution in [0, 0.1) is 6.92 Å². The lowest BCUT2D eigenvalue weighted by molar-refractivity contribution is 0.102.